The van der Waals surface area contributed by atoms with Crippen LogP contribution in [0, 0.1) is 0 Å². The van der Waals surface area contributed by atoms with Crippen molar-refractivity contribution in [1.29, 1.82) is 0 Å². The molecule has 5 nitrogen and oxygen atoms in total. The predicted molar refractivity (Wildman–Crippen MR) is 86.6 cm³/mol. The van der Waals surface area contributed by atoms with Gasteiger partial charge in [0.1, 0.15) is 5.82 Å². The van der Waals surface area contributed by atoms with Crippen LogP contribution in [-0.4, -0.2) is 34.6 Å². The number of aryl methyl sites for hydroxylation is 1. The number of carbonyl (C=O) groups is 1. The maximum absolute atomic E-state index is 12.1. The number of nitrogens with one attached hydrogen (secondary N) is 2. The molecule has 0 bridgehead atoms. The third kappa shape index (κ3) is 3.36. The molecule has 1 aromatic heterocycles. The molecule has 1 aromatic carbocycles. The topological polar surface area (TPSA) is 59.0 Å². The highest BCUT2D eigenvalue weighted by Crippen LogP contribution is 2.17. The summed E-state index contributed by atoms with van der Waals surface area (Å²) in [5.41, 5.74) is 1.71. The van der Waals surface area contributed by atoms with Crippen molar-refractivity contribution in [1.82, 2.24) is 20.2 Å². The second kappa shape index (κ2) is 6.75. The Morgan fingerprint density at radius 1 is 1.41 bits per heavy atom. The van der Waals surface area contributed by atoms with Crippen molar-refractivity contribution in [3.05, 3.63) is 42.2 Å². The van der Waals surface area contributed by atoms with E-state index >= 15 is 0 Å². The third-order valence-corrected chi connectivity index (χ3v) is 4.17. The van der Waals surface area contributed by atoms with E-state index in [2.05, 4.69) is 15.6 Å². The molecular weight excluding hydrogens is 276 g/mol. The Balaban J connectivity index is 1.55. The van der Waals surface area contributed by atoms with E-state index in [9.17, 15) is 4.79 Å². The zero-order valence-corrected chi connectivity index (χ0v) is 12.9. The van der Waals surface area contributed by atoms with E-state index in [-0.39, 0.29) is 5.91 Å². The Kier molecular flexibility index (Phi) is 4.53. The Bertz CT molecular complexity index is 626. The van der Waals surface area contributed by atoms with Gasteiger partial charge < -0.3 is 15.2 Å². The molecule has 116 valence electrons. The second-order valence-corrected chi connectivity index (χ2v) is 5.78. The minimum absolute atomic E-state index is 0.00983. The first-order valence-electron chi connectivity index (χ1n) is 7.83. The van der Waals surface area contributed by atoms with Crippen LogP contribution in [0.1, 0.15) is 29.6 Å². The summed E-state index contributed by atoms with van der Waals surface area (Å²) in [6, 6.07) is 8.15. The Labute approximate surface area is 130 Å². The number of nitrogens with zero attached hydrogens (tertiary/aromatic N) is 2. The van der Waals surface area contributed by atoms with Crippen LogP contribution in [0.15, 0.2) is 36.7 Å². The van der Waals surface area contributed by atoms with Crippen molar-refractivity contribution >= 4 is 5.91 Å². The van der Waals surface area contributed by atoms with Crippen molar-refractivity contribution in [2.24, 2.45) is 7.05 Å². The van der Waals surface area contributed by atoms with Gasteiger partial charge in [0.2, 0.25) is 0 Å². The van der Waals surface area contributed by atoms with Crippen LogP contribution in [0.25, 0.3) is 11.4 Å². The number of carbonyl (C=O) groups excluding carboxylic acids is 1. The lowest BCUT2D eigenvalue weighted by Crippen LogP contribution is -2.30. The number of aromatic nitrogens is 2. The van der Waals surface area contributed by atoms with Gasteiger partial charge in [0.25, 0.3) is 5.91 Å². The number of hydrogen-bond acceptors (Lipinski definition) is 3. The van der Waals surface area contributed by atoms with Gasteiger partial charge in [-0.2, -0.15) is 0 Å². The summed E-state index contributed by atoms with van der Waals surface area (Å²) in [5.74, 6) is 0.892. The molecule has 3 rings (SSSR count). The van der Waals surface area contributed by atoms with Crippen LogP contribution in [0.4, 0.5) is 0 Å². The van der Waals surface area contributed by atoms with E-state index in [0.29, 0.717) is 11.6 Å². The highest BCUT2D eigenvalue weighted by atomic mass is 16.1. The molecule has 2 aromatic rings. The molecule has 0 radical (unpaired) electrons. The molecule has 2 N–H and O–H groups in total. The maximum Gasteiger partial charge on any atom is 0.251 e. The molecule has 5 heteroatoms. The van der Waals surface area contributed by atoms with E-state index in [1.54, 1.807) is 6.20 Å². The molecule has 1 saturated heterocycles. The normalized spacial score (nSPS) is 17.6. The predicted octanol–water partition coefficient (Wildman–Crippen LogP) is 1.96. The van der Waals surface area contributed by atoms with Gasteiger partial charge in [0, 0.05) is 43.2 Å². The average molecular weight is 298 g/mol. The number of hydrogen-bond donors (Lipinski definition) is 2. The first-order chi connectivity index (χ1) is 10.7. The van der Waals surface area contributed by atoms with Gasteiger partial charge in [-0.25, -0.2) is 4.98 Å². The van der Waals surface area contributed by atoms with Crippen molar-refractivity contribution in [3.8, 4) is 11.4 Å². The molecule has 0 spiro atoms. The Hall–Kier alpha value is -2.14. The zero-order chi connectivity index (χ0) is 15.4. The molecule has 0 saturated carbocycles. The van der Waals surface area contributed by atoms with Crippen LogP contribution in [-0.2, 0) is 7.05 Å². The molecule has 2 heterocycles. The van der Waals surface area contributed by atoms with Gasteiger partial charge in [-0.15, -0.1) is 0 Å². The van der Waals surface area contributed by atoms with Gasteiger partial charge in [-0.05, 0) is 37.9 Å². The molecule has 1 unspecified atom stereocenters. The highest BCUT2D eigenvalue weighted by Gasteiger charge is 2.14. The molecule has 22 heavy (non-hydrogen) atoms. The van der Waals surface area contributed by atoms with Crippen molar-refractivity contribution in [2.75, 3.05) is 13.1 Å². The van der Waals surface area contributed by atoms with Crippen molar-refractivity contribution in [2.45, 2.75) is 25.3 Å². The smallest absolute Gasteiger partial charge is 0.251 e. The van der Waals surface area contributed by atoms with Gasteiger partial charge in [-0.1, -0.05) is 12.1 Å². The van der Waals surface area contributed by atoms with E-state index in [0.717, 1.165) is 30.9 Å². The summed E-state index contributed by atoms with van der Waals surface area (Å²) >= 11 is 0. The van der Waals surface area contributed by atoms with Crippen LogP contribution < -0.4 is 10.6 Å². The number of rotatable bonds is 5. The Morgan fingerprint density at radius 3 is 2.86 bits per heavy atom. The van der Waals surface area contributed by atoms with Gasteiger partial charge in [-0.3, -0.25) is 4.79 Å². The molecule has 1 aliphatic heterocycles. The van der Waals surface area contributed by atoms with Crippen LogP contribution >= 0.6 is 0 Å². The standard InChI is InChI=1S/C17H22N4O/c1-21-12-11-19-16(21)13-4-6-14(7-5-13)17(22)20-10-8-15-3-2-9-18-15/h4-7,11-12,15,18H,2-3,8-10H2,1H3,(H,20,22). The lowest BCUT2D eigenvalue weighted by Gasteiger charge is -2.11. The molecule has 1 aliphatic rings. The lowest BCUT2D eigenvalue weighted by molar-refractivity contribution is 0.0952. The van der Waals surface area contributed by atoms with Crippen molar-refractivity contribution < 1.29 is 4.79 Å². The van der Waals surface area contributed by atoms with Gasteiger partial charge >= 0.3 is 0 Å². The monoisotopic (exact) mass is 298 g/mol. The summed E-state index contributed by atoms with van der Waals surface area (Å²) in [4.78, 5) is 16.4. The first-order valence-corrected chi connectivity index (χ1v) is 7.83. The molecule has 1 amide bonds. The third-order valence-electron chi connectivity index (χ3n) is 4.17. The molecular formula is C17H22N4O. The van der Waals surface area contributed by atoms with Crippen LogP contribution in [0.3, 0.4) is 0 Å². The first kappa shape index (κ1) is 14.8. The van der Waals surface area contributed by atoms with Crippen LogP contribution in [0.5, 0.6) is 0 Å². The molecule has 0 aliphatic carbocycles. The summed E-state index contributed by atoms with van der Waals surface area (Å²) in [7, 11) is 1.96. The summed E-state index contributed by atoms with van der Waals surface area (Å²) in [6.07, 6.45) is 7.14. The molecule has 1 fully saturated rings. The van der Waals surface area contributed by atoms with E-state index < -0.39 is 0 Å². The number of benzene rings is 1. The zero-order valence-electron chi connectivity index (χ0n) is 12.9. The SMILES string of the molecule is Cn1ccnc1-c1ccc(C(=O)NCCC2CCCN2)cc1. The lowest BCUT2D eigenvalue weighted by atomic mass is 10.1. The molecule has 1 atom stereocenters. The highest BCUT2D eigenvalue weighted by molar-refractivity contribution is 5.94. The fourth-order valence-electron chi connectivity index (χ4n) is 2.88. The summed E-state index contributed by atoms with van der Waals surface area (Å²) in [6.45, 7) is 1.82. The minimum Gasteiger partial charge on any atom is -0.352 e. The van der Waals surface area contributed by atoms with Gasteiger partial charge in [0.05, 0.1) is 0 Å². The van der Waals surface area contributed by atoms with E-state index in [1.807, 2.05) is 42.1 Å². The maximum atomic E-state index is 12.1. The second-order valence-electron chi connectivity index (χ2n) is 5.78. The number of imidazole rings is 1. The fraction of sp³-hybridized carbons (Fsp3) is 0.412. The minimum atomic E-state index is -0.00983. The fourth-order valence-corrected chi connectivity index (χ4v) is 2.88. The van der Waals surface area contributed by atoms with Gasteiger partial charge in [0.15, 0.2) is 0 Å². The van der Waals surface area contributed by atoms with Crippen molar-refractivity contribution in [3.63, 3.8) is 0 Å². The largest absolute Gasteiger partial charge is 0.352 e. The van der Waals surface area contributed by atoms with E-state index in [1.165, 1.54) is 12.8 Å². The Morgan fingerprint density at radius 2 is 2.23 bits per heavy atom. The number of amides is 1. The van der Waals surface area contributed by atoms with E-state index in [4.69, 9.17) is 0 Å². The average Bonchev–Trinajstić information content (AvgIpc) is 3.19. The quantitative estimate of drug-likeness (QED) is 0.887. The van der Waals surface area contributed by atoms with Crippen LogP contribution in [0.2, 0.25) is 0 Å². The summed E-state index contributed by atoms with van der Waals surface area (Å²) in [5, 5.41) is 6.43. The summed E-state index contributed by atoms with van der Waals surface area (Å²) < 4.78 is 1.96.